The number of rotatable bonds is 8. The number of fused-ring (bicyclic) bond motifs is 1. The van der Waals surface area contributed by atoms with Gasteiger partial charge >= 0.3 is 0 Å². The maximum absolute atomic E-state index is 6.20. The Morgan fingerprint density at radius 3 is 2.33 bits per heavy atom. The molecule has 3 aromatic rings. The first-order chi connectivity index (χ1) is 13.1. The minimum atomic E-state index is 0.690. The molecule has 0 spiro atoms. The molecule has 0 aliphatic heterocycles. The minimum Gasteiger partial charge on any atom is -0.384 e. The summed E-state index contributed by atoms with van der Waals surface area (Å²) in [7, 11) is 0. The van der Waals surface area contributed by atoms with Gasteiger partial charge in [-0.1, -0.05) is 49.2 Å². The van der Waals surface area contributed by atoms with E-state index < -0.39 is 0 Å². The SMILES string of the molecule is CCN(CC)CCCNc1cc(-c2ccc(Cl)cc2)nc2cc(Cl)ccc12. The Morgan fingerprint density at radius 2 is 1.63 bits per heavy atom. The molecule has 1 heterocycles. The summed E-state index contributed by atoms with van der Waals surface area (Å²) in [4.78, 5) is 7.24. The molecule has 142 valence electrons. The highest BCUT2D eigenvalue weighted by molar-refractivity contribution is 6.31. The summed E-state index contributed by atoms with van der Waals surface area (Å²) in [5.41, 5.74) is 3.92. The van der Waals surface area contributed by atoms with Gasteiger partial charge in [-0.15, -0.1) is 0 Å². The molecule has 0 saturated heterocycles. The highest BCUT2D eigenvalue weighted by Gasteiger charge is 2.09. The molecular formula is C22H25Cl2N3. The van der Waals surface area contributed by atoms with E-state index in [1.165, 1.54) is 0 Å². The molecular weight excluding hydrogens is 377 g/mol. The summed E-state index contributed by atoms with van der Waals surface area (Å²) < 4.78 is 0. The van der Waals surface area contributed by atoms with Gasteiger partial charge in [0.1, 0.15) is 0 Å². The Balaban J connectivity index is 1.87. The third-order valence-electron chi connectivity index (χ3n) is 4.77. The van der Waals surface area contributed by atoms with Crippen LogP contribution >= 0.6 is 23.2 Å². The summed E-state index contributed by atoms with van der Waals surface area (Å²) >= 11 is 12.2. The van der Waals surface area contributed by atoms with E-state index in [-0.39, 0.29) is 0 Å². The van der Waals surface area contributed by atoms with Gasteiger partial charge in [-0.25, -0.2) is 4.98 Å². The zero-order chi connectivity index (χ0) is 19.2. The third-order valence-corrected chi connectivity index (χ3v) is 5.26. The summed E-state index contributed by atoms with van der Waals surface area (Å²) in [5.74, 6) is 0. The van der Waals surface area contributed by atoms with Crippen molar-refractivity contribution in [2.75, 3.05) is 31.5 Å². The van der Waals surface area contributed by atoms with Crippen LogP contribution in [0.1, 0.15) is 20.3 Å². The van der Waals surface area contributed by atoms with Gasteiger partial charge in [-0.2, -0.15) is 0 Å². The first kappa shape index (κ1) is 19.9. The van der Waals surface area contributed by atoms with E-state index in [9.17, 15) is 0 Å². The van der Waals surface area contributed by atoms with E-state index in [1.807, 2.05) is 42.5 Å². The van der Waals surface area contributed by atoms with Crippen molar-refractivity contribution in [2.45, 2.75) is 20.3 Å². The highest BCUT2D eigenvalue weighted by atomic mass is 35.5. The predicted octanol–water partition coefficient (Wildman–Crippen LogP) is 6.35. The maximum Gasteiger partial charge on any atom is 0.0745 e. The summed E-state index contributed by atoms with van der Waals surface area (Å²) in [5, 5.41) is 6.09. The fourth-order valence-electron chi connectivity index (χ4n) is 3.18. The lowest BCUT2D eigenvalue weighted by Gasteiger charge is -2.18. The van der Waals surface area contributed by atoms with Crippen molar-refractivity contribution in [3.63, 3.8) is 0 Å². The normalized spacial score (nSPS) is 11.3. The third kappa shape index (κ3) is 5.13. The van der Waals surface area contributed by atoms with Gasteiger partial charge in [0, 0.05) is 33.2 Å². The molecule has 1 aromatic heterocycles. The molecule has 27 heavy (non-hydrogen) atoms. The Kier molecular flexibility index (Phi) is 6.95. The second kappa shape index (κ2) is 9.41. The van der Waals surface area contributed by atoms with Crippen LogP contribution in [-0.4, -0.2) is 36.1 Å². The number of halogens is 2. The zero-order valence-corrected chi connectivity index (χ0v) is 17.3. The molecule has 1 N–H and O–H groups in total. The lowest BCUT2D eigenvalue weighted by molar-refractivity contribution is 0.303. The molecule has 3 nitrogen and oxygen atoms in total. The number of hydrogen-bond acceptors (Lipinski definition) is 3. The first-order valence-corrected chi connectivity index (χ1v) is 10.2. The van der Waals surface area contributed by atoms with Crippen molar-refractivity contribution in [1.82, 2.24) is 9.88 Å². The van der Waals surface area contributed by atoms with Gasteiger partial charge in [0.05, 0.1) is 11.2 Å². The molecule has 0 aliphatic carbocycles. The topological polar surface area (TPSA) is 28.2 Å². The zero-order valence-electron chi connectivity index (χ0n) is 15.8. The van der Waals surface area contributed by atoms with Crippen LogP contribution in [0.3, 0.4) is 0 Å². The number of nitrogens with zero attached hydrogens (tertiary/aromatic N) is 2. The van der Waals surface area contributed by atoms with Crippen LogP contribution in [0.4, 0.5) is 5.69 Å². The minimum absolute atomic E-state index is 0.690. The Bertz CT molecular complexity index is 890. The molecule has 2 aromatic carbocycles. The van der Waals surface area contributed by atoms with E-state index in [4.69, 9.17) is 28.2 Å². The molecule has 0 fully saturated rings. The smallest absolute Gasteiger partial charge is 0.0745 e. The number of benzene rings is 2. The maximum atomic E-state index is 6.20. The Morgan fingerprint density at radius 1 is 0.926 bits per heavy atom. The van der Waals surface area contributed by atoms with E-state index in [1.54, 1.807) is 0 Å². The molecule has 0 atom stereocenters. The van der Waals surface area contributed by atoms with Gasteiger partial charge in [0.25, 0.3) is 0 Å². The second-order valence-corrected chi connectivity index (χ2v) is 7.40. The van der Waals surface area contributed by atoms with Gasteiger partial charge in [-0.3, -0.25) is 0 Å². The van der Waals surface area contributed by atoms with Gasteiger partial charge in [0.2, 0.25) is 0 Å². The fourth-order valence-corrected chi connectivity index (χ4v) is 3.47. The standard InChI is InChI=1S/C22H25Cl2N3/c1-3-27(4-2)13-5-12-25-21-15-20(16-6-8-17(23)9-7-16)26-22-14-18(24)10-11-19(21)22/h6-11,14-15H,3-5,12-13H2,1-2H3,(H,25,26). The summed E-state index contributed by atoms with van der Waals surface area (Å²) in [6.45, 7) is 8.60. The number of nitrogens with one attached hydrogen (secondary N) is 1. The van der Waals surface area contributed by atoms with Gasteiger partial charge < -0.3 is 10.2 Å². The van der Waals surface area contributed by atoms with Crippen molar-refractivity contribution in [2.24, 2.45) is 0 Å². The van der Waals surface area contributed by atoms with Crippen LogP contribution in [0.25, 0.3) is 22.2 Å². The molecule has 0 radical (unpaired) electrons. The van der Waals surface area contributed by atoms with Crippen LogP contribution in [0.15, 0.2) is 48.5 Å². The predicted molar refractivity (Wildman–Crippen MR) is 118 cm³/mol. The first-order valence-electron chi connectivity index (χ1n) is 9.43. The number of aromatic nitrogens is 1. The second-order valence-electron chi connectivity index (χ2n) is 6.53. The van der Waals surface area contributed by atoms with E-state index >= 15 is 0 Å². The van der Waals surface area contributed by atoms with E-state index in [0.717, 1.165) is 65.5 Å². The average Bonchev–Trinajstić information content (AvgIpc) is 2.68. The van der Waals surface area contributed by atoms with Crippen LogP contribution < -0.4 is 5.32 Å². The molecule has 5 heteroatoms. The van der Waals surface area contributed by atoms with Crippen LogP contribution in [0, 0.1) is 0 Å². The lowest BCUT2D eigenvalue weighted by Crippen LogP contribution is -2.25. The van der Waals surface area contributed by atoms with Gasteiger partial charge in [-0.05, 0) is 62.5 Å². The Labute approximate surface area is 171 Å². The van der Waals surface area contributed by atoms with Crippen LogP contribution in [-0.2, 0) is 0 Å². The monoisotopic (exact) mass is 401 g/mol. The van der Waals surface area contributed by atoms with Crippen molar-refractivity contribution in [3.05, 3.63) is 58.6 Å². The number of hydrogen-bond donors (Lipinski definition) is 1. The lowest BCUT2D eigenvalue weighted by atomic mass is 10.1. The van der Waals surface area contributed by atoms with Crippen LogP contribution in [0.2, 0.25) is 10.0 Å². The summed E-state index contributed by atoms with van der Waals surface area (Å²) in [6.07, 6.45) is 1.09. The average molecular weight is 402 g/mol. The molecule has 0 saturated carbocycles. The molecule has 0 amide bonds. The highest BCUT2D eigenvalue weighted by Crippen LogP contribution is 2.30. The number of anilines is 1. The summed E-state index contributed by atoms with van der Waals surface area (Å²) in [6, 6.07) is 15.7. The van der Waals surface area contributed by atoms with Crippen molar-refractivity contribution in [3.8, 4) is 11.3 Å². The van der Waals surface area contributed by atoms with Gasteiger partial charge in [0.15, 0.2) is 0 Å². The van der Waals surface area contributed by atoms with E-state index in [0.29, 0.717) is 5.02 Å². The van der Waals surface area contributed by atoms with Crippen molar-refractivity contribution >= 4 is 39.8 Å². The van der Waals surface area contributed by atoms with Crippen LogP contribution in [0.5, 0.6) is 0 Å². The fraction of sp³-hybridized carbons (Fsp3) is 0.318. The van der Waals surface area contributed by atoms with E-state index in [2.05, 4.69) is 30.1 Å². The molecule has 0 bridgehead atoms. The quantitative estimate of drug-likeness (QED) is 0.445. The molecule has 0 unspecified atom stereocenters. The number of pyridine rings is 1. The molecule has 3 rings (SSSR count). The van der Waals surface area contributed by atoms with Crippen molar-refractivity contribution < 1.29 is 0 Å². The molecule has 0 aliphatic rings. The Hall–Kier alpha value is -1.81. The largest absolute Gasteiger partial charge is 0.384 e. The van der Waals surface area contributed by atoms with Crippen molar-refractivity contribution in [1.29, 1.82) is 0 Å².